The Balaban J connectivity index is 2.32. The average molecular weight is 252 g/mol. The number of allylic oxidation sites excluding steroid dienone is 1. The zero-order valence-electron chi connectivity index (χ0n) is 9.64. The van der Waals surface area contributed by atoms with Gasteiger partial charge in [-0.1, -0.05) is 0 Å². The number of nitriles is 2. The first-order chi connectivity index (χ1) is 9.13. The molecule has 1 heterocycles. The van der Waals surface area contributed by atoms with Gasteiger partial charge in [-0.3, -0.25) is 0 Å². The second-order valence-electron chi connectivity index (χ2n) is 3.72. The summed E-state index contributed by atoms with van der Waals surface area (Å²) < 4.78 is 0. The molecule has 1 aromatic heterocycles. The highest BCUT2D eigenvalue weighted by Gasteiger charge is 2.07. The smallest absolute Gasteiger partial charge is 0.352 e. The van der Waals surface area contributed by atoms with Gasteiger partial charge in [0, 0.05) is 22.8 Å². The van der Waals surface area contributed by atoms with Gasteiger partial charge in [0.25, 0.3) is 0 Å². The van der Waals surface area contributed by atoms with Crippen LogP contribution in [-0.2, 0) is 0 Å². The SMILES string of the molecule is N#CC(C#N)=CNc1ccc2[nH]c(C(=O)O)cc2c1. The number of fused-ring (bicyclic) bond motifs is 1. The Labute approximate surface area is 108 Å². The molecule has 2 aromatic rings. The van der Waals surface area contributed by atoms with Gasteiger partial charge in [-0.2, -0.15) is 10.5 Å². The molecular formula is C13H8N4O2. The van der Waals surface area contributed by atoms with E-state index >= 15 is 0 Å². The fourth-order valence-corrected chi connectivity index (χ4v) is 1.58. The van der Waals surface area contributed by atoms with Crippen LogP contribution in [0, 0.1) is 22.7 Å². The second kappa shape index (κ2) is 4.94. The van der Waals surface area contributed by atoms with Crippen molar-refractivity contribution in [2.45, 2.75) is 0 Å². The normalized spacial score (nSPS) is 9.37. The lowest BCUT2D eigenvalue weighted by atomic mass is 10.2. The van der Waals surface area contributed by atoms with Crippen LogP contribution in [0.25, 0.3) is 10.9 Å². The number of rotatable bonds is 3. The Morgan fingerprint density at radius 3 is 2.68 bits per heavy atom. The summed E-state index contributed by atoms with van der Waals surface area (Å²) in [5.74, 6) is -1.03. The van der Waals surface area contributed by atoms with Crippen LogP contribution in [0.2, 0.25) is 0 Å². The van der Waals surface area contributed by atoms with Crippen molar-refractivity contribution in [3.63, 3.8) is 0 Å². The first kappa shape index (κ1) is 12.2. The summed E-state index contributed by atoms with van der Waals surface area (Å²) in [6, 6.07) is 10.1. The Hall–Kier alpha value is -3.25. The van der Waals surface area contributed by atoms with Gasteiger partial charge in [-0.25, -0.2) is 4.79 Å². The number of benzene rings is 1. The van der Waals surface area contributed by atoms with E-state index in [0.717, 1.165) is 5.39 Å². The number of hydrogen-bond acceptors (Lipinski definition) is 4. The van der Waals surface area contributed by atoms with E-state index < -0.39 is 5.97 Å². The maximum absolute atomic E-state index is 10.8. The Bertz CT molecular complexity index is 743. The third-order valence-electron chi connectivity index (χ3n) is 2.48. The predicted octanol–water partition coefficient (Wildman–Crippen LogP) is 2.21. The topological polar surface area (TPSA) is 113 Å². The molecule has 6 heteroatoms. The average Bonchev–Trinajstić information content (AvgIpc) is 2.83. The summed E-state index contributed by atoms with van der Waals surface area (Å²) in [5, 5.41) is 29.6. The first-order valence-corrected chi connectivity index (χ1v) is 5.27. The minimum Gasteiger partial charge on any atom is -0.477 e. The number of aromatic nitrogens is 1. The van der Waals surface area contributed by atoms with Gasteiger partial charge < -0.3 is 15.4 Å². The predicted molar refractivity (Wildman–Crippen MR) is 68.2 cm³/mol. The van der Waals surface area contributed by atoms with E-state index in [1.165, 1.54) is 12.3 Å². The summed E-state index contributed by atoms with van der Waals surface area (Å²) in [6.07, 6.45) is 1.30. The first-order valence-electron chi connectivity index (χ1n) is 5.27. The molecule has 6 nitrogen and oxygen atoms in total. The van der Waals surface area contributed by atoms with Gasteiger partial charge >= 0.3 is 5.97 Å². The highest BCUT2D eigenvalue weighted by molar-refractivity contribution is 5.94. The Morgan fingerprint density at radius 2 is 2.05 bits per heavy atom. The van der Waals surface area contributed by atoms with E-state index in [1.54, 1.807) is 30.3 Å². The summed E-state index contributed by atoms with van der Waals surface area (Å²) in [4.78, 5) is 13.6. The highest BCUT2D eigenvalue weighted by atomic mass is 16.4. The highest BCUT2D eigenvalue weighted by Crippen LogP contribution is 2.20. The van der Waals surface area contributed by atoms with Gasteiger partial charge in [0.05, 0.1) is 0 Å². The molecule has 2 rings (SSSR count). The van der Waals surface area contributed by atoms with Crippen molar-refractivity contribution in [1.29, 1.82) is 10.5 Å². The third-order valence-corrected chi connectivity index (χ3v) is 2.48. The number of aromatic amines is 1. The van der Waals surface area contributed by atoms with Crippen molar-refractivity contribution in [3.05, 3.63) is 41.7 Å². The molecule has 0 atom stereocenters. The van der Waals surface area contributed by atoms with Gasteiger partial charge in [-0.15, -0.1) is 0 Å². The zero-order chi connectivity index (χ0) is 13.8. The maximum atomic E-state index is 10.8. The zero-order valence-corrected chi connectivity index (χ0v) is 9.64. The van der Waals surface area contributed by atoms with Crippen LogP contribution < -0.4 is 5.32 Å². The lowest BCUT2D eigenvalue weighted by Crippen LogP contribution is -1.94. The van der Waals surface area contributed by atoms with Gasteiger partial charge in [0.2, 0.25) is 0 Å². The van der Waals surface area contributed by atoms with Crippen molar-refractivity contribution in [3.8, 4) is 12.1 Å². The standard InChI is InChI=1S/C13H8N4O2/c14-5-8(6-15)7-16-10-1-2-11-9(3-10)4-12(17-11)13(18)19/h1-4,7,16-17H,(H,18,19). The molecule has 0 fully saturated rings. The number of carboxylic acid groups (broad SMARTS) is 1. The Morgan fingerprint density at radius 1 is 1.32 bits per heavy atom. The fourth-order valence-electron chi connectivity index (χ4n) is 1.58. The van der Waals surface area contributed by atoms with E-state index in [-0.39, 0.29) is 11.3 Å². The third kappa shape index (κ3) is 2.54. The molecule has 0 saturated carbocycles. The monoisotopic (exact) mass is 252 g/mol. The van der Waals surface area contributed by atoms with E-state index in [0.29, 0.717) is 11.2 Å². The number of aromatic carboxylic acids is 1. The molecule has 0 aliphatic carbocycles. The molecule has 0 aliphatic heterocycles. The van der Waals surface area contributed by atoms with E-state index in [4.69, 9.17) is 15.6 Å². The molecule has 92 valence electrons. The summed E-state index contributed by atoms with van der Waals surface area (Å²) in [6.45, 7) is 0. The lowest BCUT2D eigenvalue weighted by molar-refractivity contribution is 0.0691. The van der Waals surface area contributed by atoms with Crippen LogP contribution in [0.4, 0.5) is 5.69 Å². The molecule has 1 aromatic carbocycles. The van der Waals surface area contributed by atoms with Crippen LogP contribution in [-0.4, -0.2) is 16.1 Å². The number of hydrogen-bond donors (Lipinski definition) is 3. The van der Waals surface area contributed by atoms with Crippen molar-refractivity contribution < 1.29 is 9.90 Å². The molecular weight excluding hydrogens is 244 g/mol. The summed E-state index contributed by atoms with van der Waals surface area (Å²) in [5.41, 5.74) is 1.43. The number of nitrogens with zero attached hydrogens (tertiary/aromatic N) is 2. The summed E-state index contributed by atoms with van der Waals surface area (Å²) >= 11 is 0. The van der Waals surface area contributed by atoms with Crippen LogP contribution in [0.3, 0.4) is 0 Å². The van der Waals surface area contributed by atoms with E-state index in [9.17, 15) is 4.79 Å². The Kier molecular flexibility index (Phi) is 3.18. The molecule has 0 amide bonds. The number of carbonyl (C=O) groups is 1. The van der Waals surface area contributed by atoms with Crippen LogP contribution in [0.15, 0.2) is 36.0 Å². The molecule has 0 saturated heterocycles. The number of carboxylic acids is 1. The quantitative estimate of drug-likeness (QED) is 0.725. The van der Waals surface area contributed by atoms with E-state index in [1.807, 2.05) is 0 Å². The second-order valence-corrected chi connectivity index (χ2v) is 3.72. The fraction of sp³-hybridized carbons (Fsp3) is 0. The van der Waals surface area contributed by atoms with Crippen LogP contribution in [0.5, 0.6) is 0 Å². The van der Waals surface area contributed by atoms with Crippen LogP contribution >= 0.6 is 0 Å². The van der Waals surface area contributed by atoms with Crippen molar-refractivity contribution in [2.75, 3.05) is 5.32 Å². The van der Waals surface area contributed by atoms with Crippen molar-refractivity contribution in [2.24, 2.45) is 0 Å². The number of anilines is 1. The largest absolute Gasteiger partial charge is 0.477 e. The molecule has 0 unspecified atom stereocenters. The van der Waals surface area contributed by atoms with Crippen molar-refractivity contribution in [1.82, 2.24) is 4.98 Å². The molecule has 0 spiro atoms. The number of nitrogens with one attached hydrogen (secondary N) is 2. The van der Waals surface area contributed by atoms with Gasteiger partial charge in [-0.05, 0) is 24.3 Å². The molecule has 0 bridgehead atoms. The van der Waals surface area contributed by atoms with Crippen molar-refractivity contribution >= 4 is 22.6 Å². The molecule has 19 heavy (non-hydrogen) atoms. The van der Waals surface area contributed by atoms with E-state index in [2.05, 4.69) is 10.3 Å². The maximum Gasteiger partial charge on any atom is 0.352 e. The molecule has 3 N–H and O–H groups in total. The number of H-pyrrole nitrogens is 1. The van der Waals surface area contributed by atoms with Crippen LogP contribution in [0.1, 0.15) is 10.5 Å². The minimum atomic E-state index is -1.03. The molecule has 0 radical (unpaired) electrons. The molecule has 0 aliphatic rings. The van der Waals surface area contributed by atoms with Gasteiger partial charge in [0.1, 0.15) is 23.4 Å². The minimum absolute atomic E-state index is 0.0413. The van der Waals surface area contributed by atoms with Gasteiger partial charge in [0.15, 0.2) is 0 Å². The summed E-state index contributed by atoms with van der Waals surface area (Å²) in [7, 11) is 0. The lowest BCUT2D eigenvalue weighted by Gasteiger charge is -2.00.